The maximum Gasteiger partial charge on any atom is 0.341 e. The number of piperidine rings is 1. The highest BCUT2D eigenvalue weighted by atomic mass is 32.1. The summed E-state index contributed by atoms with van der Waals surface area (Å²) in [6.07, 6.45) is 4.13. The van der Waals surface area contributed by atoms with Crippen molar-refractivity contribution in [3.8, 4) is 5.69 Å². The Morgan fingerprint density at radius 1 is 1.25 bits per heavy atom. The molecule has 1 fully saturated rings. The van der Waals surface area contributed by atoms with E-state index in [9.17, 15) is 13.6 Å². The van der Waals surface area contributed by atoms with Crippen LogP contribution in [0.15, 0.2) is 47.4 Å². The molecule has 3 aromatic rings. The van der Waals surface area contributed by atoms with Gasteiger partial charge >= 0.3 is 5.97 Å². The van der Waals surface area contributed by atoms with Gasteiger partial charge in [-0.2, -0.15) is 16.4 Å². The van der Waals surface area contributed by atoms with Gasteiger partial charge in [0.1, 0.15) is 17.6 Å². The van der Waals surface area contributed by atoms with Crippen LogP contribution in [0.4, 0.5) is 8.78 Å². The molecule has 0 aliphatic carbocycles. The zero-order valence-corrected chi connectivity index (χ0v) is 15.9. The van der Waals surface area contributed by atoms with Crippen molar-refractivity contribution in [2.24, 2.45) is 0 Å². The van der Waals surface area contributed by atoms with Gasteiger partial charge in [-0.3, -0.25) is 4.90 Å². The second-order valence-corrected chi connectivity index (χ2v) is 7.56. The van der Waals surface area contributed by atoms with Crippen LogP contribution < -0.4 is 0 Å². The molecule has 0 atom stereocenters. The van der Waals surface area contributed by atoms with Crippen molar-refractivity contribution >= 4 is 17.3 Å². The van der Waals surface area contributed by atoms with E-state index in [0.29, 0.717) is 0 Å². The summed E-state index contributed by atoms with van der Waals surface area (Å²) in [7, 11) is 0. The smallest absolute Gasteiger partial charge is 0.341 e. The Hall–Kier alpha value is -2.58. The summed E-state index contributed by atoms with van der Waals surface area (Å²) in [5.74, 6) is -1.90. The molecule has 146 valence electrons. The normalized spacial score (nSPS) is 15.6. The first-order valence-corrected chi connectivity index (χ1v) is 9.97. The van der Waals surface area contributed by atoms with Gasteiger partial charge in [-0.25, -0.2) is 18.3 Å². The molecule has 0 N–H and O–H groups in total. The second-order valence-electron chi connectivity index (χ2n) is 6.78. The molecule has 8 heteroatoms. The van der Waals surface area contributed by atoms with Crippen molar-refractivity contribution in [1.82, 2.24) is 14.7 Å². The van der Waals surface area contributed by atoms with Crippen molar-refractivity contribution < 1.29 is 18.3 Å². The van der Waals surface area contributed by atoms with Gasteiger partial charge in [0.25, 0.3) is 0 Å². The first-order chi connectivity index (χ1) is 13.6. The monoisotopic (exact) mass is 403 g/mol. The average molecular weight is 403 g/mol. The lowest BCUT2D eigenvalue weighted by atomic mass is 10.1. The highest BCUT2D eigenvalue weighted by molar-refractivity contribution is 7.07. The standard InChI is InChI=1S/C20H19F2N3O2S/c21-16-1-2-19(18(22)9-16)25-12-15(10-23-25)20(26)27-17-3-6-24(7-4-17)11-14-5-8-28-13-14/h1-2,5,8-10,12-13,17H,3-4,6-7,11H2. The van der Waals surface area contributed by atoms with Gasteiger partial charge in [0.05, 0.1) is 11.8 Å². The fourth-order valence-electron chi connectivity index (χ4n) is 3.27. The van der Waals surface area contributed by atoms with Crippen LogP contribution in [0.25, 0.3) is 5.69 Å². The number of carbonyl (C=O) groups excluding carboxylic acids is 1. The van der Waals surface area contributed by atoms with E-state index in [2.05, 4.69) is 26.8 Å². The topological polar surface area (TPSA) is 47.4 Å². The van der Waals surface area contributed by atoms with E-state index in [1.165, 1.54) is 28.7 Å². The first kappa shape index (κ1) is 18.8. The summed E-state index contributed by atoms with van der Waals surface area (Å²) in [6.45, 7) is 2.65. The summed E-state index contributed by atoms with van der Waals surface area (Å²) >= 11 is 1.69. The van der Waals surface area contributed by atoms with Gasteiger partial charge in [-0.05, 0) is 47.4 Å². The molecule has 2 aromatic heterocycles. The zero-order valence-electron chi connectivity index (χ0n) is 15.1. The highest BCUT2D eigenvalue weighted by Gasteiger charge is 2.24. The third-order valence-corrected chi connectivity index (χ3v) is 5.50. The summed E-state index contributed by atoms with van der Waals surface area (Å²) in [4.78, 5) is 14.7. The number of thiophene rings is 1. The molecule has 0 saturated carbocycles. The molecule has 28 heavy (non-hydrogen) atoms. The summed E-state index contributed by atoms with van der Waals surface area (Å²) < 4.78 is 33.7. The van der Waals surface area contributed by atoms with Crippen LogP contribution >= 0.6 is 11.3 Å². The number of benzene rings is 1. The van der Waals surface area contributed by atoms with Gasteiger partial charge in [0.2, 0.25) is 0 Å². The number of halogens is 2. The van der Waals surface area contributed by atoms with Gasteiger partial charge in [-0.15, -0.1) is 0 Å². The lowest BCUT2D eigenvalue weighted by Gasteiger charge is -2.31. The Morgan fingerprint density at radius 2 is 2.07 bits per heavy atom. The minimum Gasteiger partial charge on any atom is -0.459 e. The zero-order chi connectivity index (χ0) is 19.5. The number of ether oxygens (including phenoxy) is 1. The molecule has 0 radical (unpaired) electrons. The summed E-state index contributed by atoms with van der Waals surface area (Å²) in [5.41, 5.74) is 1.62. The maximum atomic E-state index is 13.9. The number of hydrogen-bond acceptors (Lipinski definition) is 5. The predicted molar refractivity (Wildman–Crippen MR) is 102 cm³/mol. The molecule has 0 spiro atoms. The van der Waals surface area contributed by atoms with Crippen LogP contribution in [-0.4, -0.2) is 39.8 Å². The molecule has 0 unspecified atom stereocenters. The number of carbonyl (C=O) groups is 1. The molecule has 5 nitrogen and oxygen atoms in total. The molecule has 1 aliphatic heterocycles. The van der Waals surface area contributed by atoms with Crippen LogP contribution in [0.5, 0.6) is 0 Å². The molecule has 3 heterocycles. The van der Waals surface area contributed by atoms with Crippen molar-refractivity contribution in [1.29, 1.82) is 0 Å². The quantitative estimate of drug-likeness (QED) is 0.604. The van der Waals surface area contributed by atoms with Crippen LogP contribution in [0.3, 0.4) is 0 Å². The predicted octanol–water partition coefficient (Wildman–Crippen LogP) is 4.03. The van der Waals surface area contributed by atoms with Crippen molar-refractivity contribution in [3.05, 3.63) is 70.2 Å². The first-order valence-electron chi connectivity index (χ1n) is 9.03. The summed E-state index contributed by atoms with van der Waals surface area (Å²) in [5, 5.41) is 8.21. The van der Waals surface area contributed by atoms with Gasteiger partial charge in [0.15, 0.2) is 5.82 Å². The van der Waals surface area contributed by atoms with E-state index in [0.717, 1.165) is 44.6 Å². The summed E-state index contributed by atoms with van der Waals surface area (Å²) in [6, 6.07) is 5.31. The minimum atomic E-state index is -0.749. The van der Waals surface area contributed by atoms with Crippen LogP contribution in [-0.2, 0) is 11.3 Å². The van der Waals surface area contributed by atoms with Crippen LogP contribution in [0.1, 0.15) is 28.8 Å². The number of likely N-dealkylation sites (tertiary alicyclic amines) is 1. The lowest BCUT2D eigenvalue weighted by Crippen LogP contribution is -2.37. The van der Waals surface area contributed by atoms with Crippen LogP contribution in [0, 0.1) is 11.6 Å². The number of aromatic nitrogens is 2. The Kier molecular flexibility index (Phi) is 5.50. The molecule has 1 aromatic carbocycles. The molecule has 1 saturated heterocycles. The number of esters is 1. The minimum absolute atomic E-state index is 0.0715. The van der Waals surface area contributed by atoms with Gasteiger partial charge < -0.3 is 4.74 Å². The van der Waals surface area contributed by atoms with Crippen LogP contribution in [0.2, 0.25) is 0 Å². The van der Waals surface area contributed by atoms with E-state index >= 15 is 0 Å². The highest BCUT2D eigenvalue weighted by Crippen LogP contribution is 2.20. The van der Waals surface area contributed by atoms with Crippen molar-refractivity contribution in [3.63, 3.8) is 0 Å². The molecule has 0 amide bonds. The lowest BCUT2D eigenvalue weighted by molar-refractivity contribution is 0.0104. The van der Waals surface area contributed by atoms with E-state index in [4.69, 9.17) is 4.74 Å². The van der Waals surface area contributed by atoms with Gasteiger partial charge in [0, 0.05) is 31.9 Å². The molecular weight excluding hydrogens is 384 g/mol. The fourth-order valence-corrected chi connectivity index (χ4v) is 3.93. The second kappa shape index (κ2) is 8.20. The Bertz CT molecular complexity index is 950. The van der Waals surface area contributed by atoms with Crippen molar-refractivity contribution in [2.75, 3.05) is 13.1 Å². The third-order valence-electron chi connectivity index (χ3n) is 4.77. The fraction of sp³-hybridized carbons (Fsp3) is 0.300. The number of nitrogens with zero attached hydrogens (tertiary/aromatic N) is 3. The number of hydrogen-bond donors (Lipinski definition) is 0. The van der Waals surface area contributed by atoms with E-state index in [1.54, 1.807) is 11.3 Å². The Morgan fingerprint density at radius 3 is 2.79 bits per heavy atom. The van der Waals surface area contributed by atoms with E-state index in [1.807, 2.05) is 0 Å². The SMILES string of the molecule is O=C(OC1CCN(Cc2ccsc2)CC1)c1cnn(-c2ccc(F)cc2F)c1. The maximum absolute atomic E-state index is 13.9. The van der Waals surface area contributed by atoms with E-state index in [-0.39, 0.29) is 17.4 Å². The molecule has 1 aliphatic rings. The largest absolute Gasteiger partial charge is 0.459 e. The molecular formula is C20H19F2N3O2S. The Balaban J connectivity index is 1.33. The number of rotatable bonds is 5. The Labute approximate surface area is 165 Å². The molecule has 0 bridgehead atoms. The van der Waals surface area contributed by atoms with Crippen molar-refractivity contribution in [2.45, 2.75) is 25.5 Å². The van der Waals surface area contributed by atoms with Gasteiger partial charge in [-0.1, -0.05) is 0 Å². The van der Waals surface area contributed by atoms with E-state index < -0.39 is 17.6 Å². The average Bonchev–Trinajstić information content (AvgIpc) is 3.35. The third kappa shape index (κ3) is 4.28. The molecule has 4 rings (SSSR count).